The van der Waals surface area contributed by atoms with Crippen LogP contribution < -0.4 is 5.73 Å². The zero-order chi connectivity index (χ0) is 12.8. The van der Waals surface area contributed by atoms with E-state index in [1.54, 1.807) is 0 Å². The molecule has 0 unspecified atom stereocenters. The molecule has 0 aliphatic carbocycles. The molecule has 2 N–H and O–H groups in total. The van der Waals surface area contributed by atoms with Crippen LogP contribution in [0.25, 0.3) is 10.9 Å². The summed E-state index contributed by atoms with van der Waals surface area (Å²) in [4.78, 5) is 0. The number of nitrogens with zero attached hydrogens (tertiary/aromatic N) is 1. The average Bonchev–Trinajstić information content (AvgIpc) is 2.62. The van der Waals surface area contributed by atoms with Crippen molar-refractivity contribution in [1.29, 1.82) is 0 Å². The molecule has 0 aliphatic heterocycles. The first kappa shape index (κ1) is 12.2. The van der Waals surface area contributed by atoms with Gasteiger partial charge in [-0.15, -0.1) is 0 Å². The van der Waals surface area contributed by atoms with Gasteiger partial charge in [-0.05, 0) is 30.5 Å². The van der Waals surface area contributed by atoms with Gasteiger partial charge in [0, 0.05) is 30.6 Å². The van der Waals surface area contributed by atoms with Gasteiger partial charge in [-0.3, -0.25) is 0 Å². The Bertz CT molecular complexity index is 562. The van der Waals surface area contributed by atoms with Crippen LogP contribution in [0.15, 0.2) is 18.3 Å². The summed E-state index contributed by atoms with van der Waals surface area (Å²) in [6.45, 7) is 9.43. The molecule has 0 bridgehead atoms. The Labute approximate surface area is 103 Å². The van der Waals surface area contributed by atoms with E-state index in [1.165, 1.54) is 27.6 Å². The normalized spacial score (nSPS) is 12.4. The van der Waals surface area contributed by atoms with E-state index in [-0.39, 0.29) is 5.41 Å². The zero-order valence-corrected chi connectivity index (χ0v) is 11.5. The summed E-state index contributed by atoms with van der Waals surface area (Å²) in [6.07, 6.45) is 2.23. The summed E-state index contributed by atoms with van der Waals surface area (Å²) in [7, 11) is 2.12. The molecule has 2 rings (SSSR count). The predicted octanol–water partition coefficient (Wildman–Crippen LogP) is 3.03. The van der Waals surface area contributed by atoms with Crippen molar-refractivity contribution in [3.63, 3.8) is 0 Å². The van der Waals surface area contributed by atoms with Crippen LogP contribution in [0.3, 0.4) is 0 Å². The minimum Gasteiger partial charge on any atom is -0.350 e. The van der Waals surface area contributed by atoms with Crippen LogP contribution in [-0.4, -0.2) is 11.1 Å². The van der Waals surface area contributed by atoms with Crippen LogP contribution in [0.5, 0.6) is 0 Å². The van der Waals surface area contributed by atoms with Gasteiger partial charge in [-0.25, -0.2) is 0 Å². The van der Waals surface area contributed by atoms with E-state index in [0.717, 1.165) is 0 Å². The second kappa shape index (κ2) is 3.88. The van der Waals surface area contributed by atoms with Gasteiger partial charge in [-0.2, -0.15) is 0 Å². The third-order valence-electron chi connectivity index (χ3n) is 3.91. The number of hydrogen-bond donors (Lipinski definition) is 1. The molecule has 0 spiro atoms. The topological polar surface area (TPSA) is 30.9 Å². The molecule has 2 aromatic rings. The maximum absolute atomic E-state index is 5.90. The molecule has 0 saturated carbocycles. The van der Waals surface area contributed by atoms with Gasteiger partial charge in [-0.1, -0.05) is 26.0 Å². The van der Waals surface area contributed by atoms with Crippen LogP contribution in [0.4, 0.5) is 0 Å². The van der Waals surface area contributed by atoms with Crippen LogP contribution in [0.2, 0.25) is 0 Å². The van der Waals surface area contributed by atoms with Crippen molar-refractivity contribution in [2.24, 2.45) is 12.8 Å². The molecule has 0 aliphatic rings. The van der Waals surface area contributed by atoms with Gasteiger partial charge >= 0.3 is 0 Å². The maximum atomic E-state index is 5.90. The van der Waals surface area contributed by atoms with Gasteiger partial charge in [0.05, 0.1) is 5.52 Å². The van der Waals surface area contributed by atoms with E-state index in [9.17, 15) is 0 Å². The van der Waals surface area contributed by atoms with Gasteiger partial charge in [0.25, 0.3) is 0 Å². The lowest BCUT2D eigenvalue weighted by molar-refractivity contribution is 0.542. The quantitative estimate of drug-likeness (QED) is 0.844. The highest BCUT2D eigenvalue weighted by Gasteiger charge is 2.23. The van der Waals surface area contributed by atoms with E-state index < -0.39 is 0 Å². The lowest BCUT2D eigenvalue weighted by Gasteiger charge is -2.22. The van der Waals surface area contributed by atoms with Crippen molar-refractivity contribution in [1.82, 2.24) is 4.57 Å². The second-order valence-corrected chi connectivity index (χ2v) is 5.65. The molecule has 0 radical (unpaired) electrons. The Morgan fingerprint density at radius 1 is 1.24 bits per heavy atom. The second-order valence-electron chi connectivity index (χ2n) is 5.65. The first-order valence-corrected chi connectivity index (χ1v) is 6.14. The van der Waals surface area contributed by atoms with Crippen molar-refractivity contribution in [2.75, 3.05) is 6.54 Å². The fraction of sp³-hybridized carbons (Fsp3) is 0.467. The third-order valence-corrected chi connectivity index (χ3v) is 3.91. The Morgan fingerprint density at radius 3 is 2.47 bits per heavy atom. The molecule has 1 aromatic carbocycles. The lowest BCUT2D eigenvalue weighted by Crippen LogP contribution is -2.27. The average molecular weight is 230 g/mol. The minimum absolute atomic E-state index is 0.0290. The number of nitrogens with two attached hydrogens (primary N) is 1. The van der Waals surface area contributed by atoms with Crippen molar-refractivity contribution >= 4 is 10.9 Å². The molecule has 1 aromatic heterocycles. The highest BCUT2D eigenvalue weighted by atomic mass is 14.9. The molecule has 1 heterocycles. The molecule has 17 heavy (non-hydrogen) atoms. The Kier molecular flexibility index (Phi) is 2.78. The molecule has 2 heteroatoms. The van der Waals surface area contributed by atoms with Crippen LogP contribution in [-0.2, 0) is 12.5 Å². The number of aromatic nitrogens is 1. The van der Waals surface area contributed by atoms with Crippen molar-refractivity contribution in [2.45, 2.75) is 33.1 Å². The summed E-state index contributed by atoms with van der Waals surface area (Å²) in [5, 5.41) is 1.34. The fourth-order valence-electron chi connectivity index (χ4n) is 2.45. The summed E-state index contributed by atoms with van der Waals surface area (Å²) in [6, 6.07) is 4.43. The highest BCUT2D eigenvalue weighted by molar-refractivity contribution is 5.88. The number of benzene rings is 1. The smallest absolute Gasteiger partial charge is 0.0513 e. The minimum atomic E-state index is 0.0290. The molecule has 0 amide bonds. The van der Waals surface area contributed by atoms with Crippen molar-refractivity contribution in [3.8, 4) is 0 Å². The summed E-state index contributed by atoms with van der Waals surface area (Å²) >= 11 is 0. The Hall–Kier alpha value is -1.28. The van der Waals surface area contributed by atoms with Gasteiger partial charge < -0.3 is 10.3 Å². The molecule has 92 valence electrons. The number of hydrogen-bond acceptors (Lipinski definition) is 1. The first-order chi connectivity index (χ1) is 7.88. The fourth-order valence-corrected chi connectivity index (χ4v) is 2.45. The number of fused-ring (bicyclic) bond motifs is 1. The maximum Gasteiger partial charge on any atom is 0.0513 e. The number of aryl methyl sites for hydroxylation is 3. The molecular formula is C15H22N2. The Morgan fingerprint density at radius 2 is 1.88 bits per heavy atom. The van der Waals surface area contributed by atoms with E-state index in [1.807, 2.05) is 0 Å². The molecular weight excluding hydrogens is 208 g/mol. The Balaban J connectivity index is 2.82. The summed E-state index contributed by atoms with van der Waals surface area (Å²) in [5.41, 5.74) is 11.3. The summed E-state index contributed by atoms with van der Waals surface area (Å²) in [5.74, 6) is 0. The van der Waals surface area contributed by atoms with E-state index in [2.05, 4.69) is 57.6 Å². The van der Waals surface area contributed by atoms with Crippen molar-refractivity contribution < 1.29 is 0 Å². The van der Waals surface area contributed by atoms with E-state index in [4.69, 9.17) is 5.73 Å². The molecule has 0 atom stereocenters. The molecule has 0 saturated heterocycles. The zero-order valence-electron chi connectivity index (χ0n) is 11.5. The summed E-state index contributed by atoms with van der Waals surface area (Å²) < 4.78 is 2.23. The van der Waals surface area contributed by atoms with Gasteiger partial charge in [0.1, 0.15) is 0 Å². The number of rotatable bonds is 2. The van der Waals surface area contributed by atoms with Gasteiger partial charge in [0.15, 0.2) is 0 Å². The monoisotopic (exact) mass is 230 g/mol. The SMILES string of the molecule is Cc1ccc2c(C(C)(C)CN)cn(C)c2c1C. The first-order valence-electron chi connectivity index (χ1n) is 6.14. The molecule has 2 nitrogen and oxygen atoms in total. The van der Waals surface area contributed by atoms with E-state index >= 15 is 0 Å². The van der Waals surface area contributed by atoms with E-state index in [0.29, 0.717) is 6.54 Å². The largest absolute Gasteiger partial charge is 0.350 e. The lowest BCUT2D eigenvalue weighted by atomic mass is 9.84. The van der Waals surface area contributed by atoms with Crippen molar-refractivity contribution in [3.05, 3.63) is 35.0 Å². The van der Waals surface area contributed by atoms with Crippen LogP contribution in [0, 0.1) is 13.8 Å². The van der Waals surface area contributed by atoms with Gasteiger partial charge in [0.2, 0.25) is 0 Å². The highest BCUT2D eigenvalue weighted by Crippen LogP contribution is 2.33. The van der Waals surface area contributed by atoms with Crippen LogP contribution in [0.1, 0.15) is 30.5 Å². The van der Waals surface area contributed by atoms with Crippen LogP contribution >= 0.6 is 0 Å². The predicted molar refractivity (Wildman–Crippen MR) is 74.5 cm³/mol. The standard InChI is InChI=1S/C15H22N2/c1-10-6-7-12-13(15(3,4)9-16)8-17(5)14(12)11(10)2/h6-8H,9,16H2,1-5H3. The molecule has 0 fully saturated rings. The third kappa shape index (κ3) is 1.77.